The minimum Gasteiger partial charge on any atom is -0.475 e. The molecule has 2 atom stereocenters. The second-order valence-corrected chi connectivity index (χ2v) is 8.53. The van der Waals surface area contributed by atoms with Crippen LogP contribution in [0.1, 0.15) is 25.3 Å². The summed E-state index contributed by atoms with van der Waals surface area (Å²) in [5.41, 5.74) is 1.02. The summed E-state index contributed by atoms with van der Waals surface area (Å²) in [6, 6.07) is 3.59. The molecule has 2 aliphatic heterocycles. The Morgan fingerprint density at radius 2 is 1.86 bits per heavy atom. The van der Waals surface area contributed by atoms with Crippen molar-refractivity contribution in [2.45, 2.75) is 44.6 Å². The zero-order valence-electron chi connectivity index (χ0n) is 15.0. The Balaban J connectivity index is 0.000000345. The van der Waals surface area contributed by atoms with Crippen LogP contribution in [0.4, 0.5) is 13.2 Å². The third-order valence-corrected chi connectivity index (χ3v) is 6.53. The molecule has 1 N–H and O–H groups in total. The first kappa shape index (κ1) is 22.1. The first-order valence-electron chi connectivity index (χ1n) is 8.45. The van der Waals surface area contributed by atoms with Gasteiger partial charge in [-0.1, -0.05) is 0 Å². The number of carboxylic acids is 1. The van der Waals surface area contributed by atoms with Gasteiger partial charge in [-0.05, 0) is 31.0 Å². The number of aromatic nitrogens is 1. The van der Waals surface area contributed by atoms with Gasteiger partial charge in [0, 0.05) is 31.9 Å². The van der Waals surface area contributed by atoms with Crippen molar-refractivity contribution < 1.29 is 36.3 Å². The molecule has 1 aromatic rings. The monoisotopic (exact) mass is 423 g/mol. The standard InChI is InChI=1S/C14H19N3O3S.C2HF3O2/c1-2-21(19,20)17-8-5-12-13(17)9-14(18)16(12)10-11-3-6-15-7-4-11;3-2(4,5)1(6)7/h3-4,6-7,12-13H,2,5,8-10H2,1H3;(H,6,7)/t12-,13+;/m0./s1. The van der Waals surface area contributed by atoms with Crippen molar-refractivity contribution in [3.63, 3.8) is 0 Å². The summed E-state index contributed by atoms with van der Waals surface area (Å²) < 4.78 is 57.5. The van der Waals surface area contributed by atoms with Crippen molar-refractivity contribution >= 4 is 21.9 Å². The Bertz CT molecular complexity index is 817. The summed E-state index contributed by atoms with van der Waals surface area (Å²) in [6.45, 7) is 2.70. The van der Waals surface area contributed by atoms with Crippen LogP contribution in [0.25, 0.3) is 0 Å². The van der Waals surface area contributed by atoms with Crippen LogP contribution in [0.15, 0.2) is 24.5 Å². The lowest BCUT2D eigenvalue weighted by atomic mass is 10.1. The lowest BCUT2D eigenvalue weighted by Crippen LogP contribution is -2.40. The molecule has 2 fully saturated rings. The Kier molecular flexibility index (Phi) is 6.65. The SMILES string of the molecule is CCS(=O)(=O)N1CC[C@H]2[C@H]1CC(=O)N2Cc1ccncc1.O=C(O)C(F)(F)F. The smallest absolute Gasteiger partial charge is 0.475 e. The Labute approximate surface area is 160 Å². The first-order chi connectivity index (χ1) is 13.0. The van der Waals surface area contributed by atoms with Crippen LogP contribution < -0.4 is 0 Å². The molecule has 0 radical (unpaired) electrons. The van der Waals surface area contributed by atoms with Crippen LogP contribution in [-0.4, -0.2) is 70.1 Å². The molecule has 0 unspecified atom stereocenters. The summed E-state index contributed by atoms with van der Waals surface area (Å²) in [6.07, 6.45) is -0.651. The van der Waals surface area contributed by atoms with E-state index in [1.165, 1.54) is 4.31 Å². The number of alkyl halides is 3. The van der Waals surface area contributed by atoms with E-state index in [1.54, 1.807) is 19.3 Å². The zero-order valence-corrected chi connectivity index (χ0v) is 15.8. The van der Waals surface area contributed by atoms with Crippen molar-refractivity contribution in [3.05, 3.63) is 30.1 Å². The number of nitrogens with zero attached hydrogens (tertiary/aromatic N) is 3. The Morgan fingerprint density at radius 3 is 2.36 bits per heavy atom. The molecule has 156 valence electrons. The fourth-order valence-electron chi connectivity index (χ4n) is 3.29. The van der Waals surface area contributed by atoms with Crippen molar-refractivity contribution in [1.82, 2.24) is 14.2 Å². The number of fused-ring (bicyclic) bond motifs is 1. The lowest BCUT2D eigenvalue weighted by Gasteiger charge is -2.25. The molecule has 12 heteroatoms. The third-order valence-electron chi connectivity index (χ3n) is 4.63. The van der Waals surface area contributed by atoms with Crippen molar-refractivity contribution in [2.24, 2.45) is 0 Å². The van der Waals surface area contributed by atoms with Gasteiger partial charge in [0.25, 0.3) is 0 Å². The fraction of sp³-hybridized carbons (Fsp3) is 0.562. The van der Waals surface area contributed by atoms with Gasteiger partial charge in [-0.15, -0.1) is 0 Å². The van der Waals surface area contributed by atoms with Crippen LogP contribution >= 0.6 is 0 Å². The van der Waals surface area contributed by atoms with Gasteiger partial charge in [-0.25, -0.2) is 13.2 Å². The molecule has 0 spiro atoms. The maximum Gasteiger partial charge on any atom is 0.490 e. The fourth-order valence-corrected chi connectivity index (χ4v) is 4.64. The van der Waals surface area contributed by atoms with Gasteiger partial charge in [0.2, 0.25) is 15.9 Å². The van der Waals surface area contributed by atoms with Crippen LogP contribution in [0.5, 0.6) is 0 Å². The molecule has 3 heterocycles. The first-order valence-corrected chi connectivity index (χ1v) is 10.1. The van der Waals surface area contributed by atoms with Gasteiger partial charge in [0.1, 0.15) is 0 Å². The minimum atomic E-state index is -5.08. The van der Waals surface area contributed by atoms with E-state index in [-0.39, 0.29) is 23.7 Å². The van der Waals surface area contributed by atoms with Crippen LogP contribution in [0.3, 0.4) is 0 Å². The molecule has 1 amide bonds. The van der Waals surface area contributed by atoms with Crippen molar-refractivity contribution in [3.8, 4) is 0 Å². The largest absolute Gasteiger partial charge is 0.490 e. The van der Waals surface area contributed by atoms with Gasteiger partial charge >= 0.3 is 12.1 Å². The summed E-state index contributed by atoms with van der Waals surface area (Å²) in [4.78, 5) is 26.9. The maximum atomic E-state index is 12.2. The van der Waals surface area contributed by atoms with Gasteiger partial charge < -0.3 is 10.0 Å². The van der Waals surface area contributed by atoms with E-state index in [4.69, 9.17) is 9.90 Å². The molecular weight excluding hydrogens is 403 g/mol. The molecule has 1 aromatic heterocycles. The minimum absolute atomic E-state index is 0.00647. The van der Waals surface area contributed by atoms with E-state index >= 15 is 0 Å². The number of carbonyl (C=O) groups is 2. The van der Waals surface area contributed by atoms with Gasteiger partial charge in [-0.2, -0.15) is 17.5 Å². The number of sulfonamides is 1. The highest BCUT2D eigenvalue weighted by molar-refractivity contribution is 7.89. The van der Waals surface area contributed by atoms with E-state index in [2.05, 4.69) is 4.98 Å². The van der Waals surface area contributed by atoms with Crippen LogP contribution in [0.2, 0.25) is 0 Å². The number of likely N-dealkylation sites (tertiary alicyclic amines) is 1. The Morgan fingerprint density at radius 1 is 1.29 bits per heavy atom. The molecule has 0 aliphatic carbocycles. The van der Waals surface area contributed by atoms with E-state index < -0.39 is 22.2 Å². The predicted molar refractivity (Wildman–Crippen MR) is 91.5 cm³/mol. The number of amides is 1. The molecule has 3 rings (SSSR count). The van der Waals surface area contributed by atoms with E-state index in [9.17, 15) is 26.4 Å². The topological polar surface area (TPSA) is 108 Å². The van der Waals surface area contributed by atoms with Gasteiger partial charge in [0.15, 0.2) is 0 Å². The second kappa shape index (κ2) is 8.43. The van der Waals surface area contributed by atoms with E-state index in [0.717, 1.165) is 12.0 Å². The molecule has 8 nitrogen and oxygen atoms in total. The summed E-state index contributed by atoms with van der Waals surface area (Å²) in [7, 11) is -3.23. The number of pyridine rings is 1. The average Bonchev–Trinajstić information content (AvgIpc) is 3.16. The lowest BCUT2D eigenvalue weighted by molar-refractivity contribution is -0.192. The molecule has 0 aromatic carbocycles. The Hall–Kier alpha value is -2.21. The van der Waals surface area contributed by atoms with Crippen LogP contribution in [-0.2, 0) is 26.2 Å². The number of carbonyl (C=O) groups excluding carboxylic acids is 1. The summed E-state index contributed by atoms with van der Waals surface area (Å²) >= 11 is 0. The van der Waals surface area contributed by atoms with Crippen molar-refractivity contribution in [2.75, 3.05) is 12.3 Å². The van der Waals surface area contributed by atoms with Gasteiger partial charge in [0.05, 0.1) is 17.8 Å². The highest BCUT2D eigenvalue weighted by atomic mass is 32.2. The highest BCUT2D eigenvalue weighted by Gasteiger charge is 2.49. The van der Waals surface area contributed by atoms with Crippen LogP contribution in [0, 0.1) is 0 Å². The third kappa shape index (κ3) is 4.98. The number of halogens is 3. The van der Waals surface area contributed by atoms with Gasteiger partial charge in [-0.3, -0.25) is 9.78 Å². The second-order valence-electron chi connectivity index (χ2n) is 6.32. The predicted octanol–water partition coefficient (Wildman–Crippen LogP) is 1.24. The molecule has 2 saturated heterocycles. The molecule has 28 heavy (non-hydrogen) atoms. The molecule has 0 saturated carbocycles. The van der Waals surface area contributed by atoms with E-state index in [1.807, 2.05) is 17.0 Å². The van der Waals surface area contributed by atoms with Crippen molar-refractivity contribution in [1.29, 1.82) is 0 Å². The maximum absolute atomic E-state index is 12.2. The van der Waals surface area contributed by atoms with E-state index in [0.29, 0.717) is 19.5 Å². The molecular formula is C16H20F3N3O5S. The highest BCUT2D eigenvalue weighted by Crippen LogP contribution is 2.35. The number of aliphatic carboxylic acids is 1. The average molecular weight is 423 g/mol. The quantitative estimate of drug-likeness (QED) is 0.781. The zero-order chi connectivity index (χ0) is 21.1. The number of rotatable bonds is 4. The number of carboxylic acid groups (broad SMARTS) is 1. The molecule has 0 bridgehead atoms. The molecule has 2 aliphatic rings. The number of hydrogen-bond acceptors (Lipinski definition) is 5. The number of hydrogen-bond donors (Lipinski definition) is 1. The summed E-state index contributed by atoms with van der Waals surface area (Å²) in [5, 5.41) is 7.12. The summed E-state index contributed by atoms with van der Waals surface area (Å²) in [5.74, 6) is -2.63. The normalized spacial score (nSPS) is 22.6.